The Bertz CT molecular complexity index is 1290. The largest absolute Gasteiger partial charge is 0.494 e. The van der Waals surface area contributed by atoms with Gasteiger partial charge in [0.1, 0.15) is 16.5 Å². The fourth-order valence-corrected chi connectivity index (χ4v) is 5.06. The van der Waals surface area contributed by atoms with Crippen molar-refractivity contribution in [3.63, 3.8) is 0 Å². The van der Waals surface area contributed by atoms with Crippen molar-refractivity contribution in [1.82, 2.24) is 9.97 Å². The molecule has 0 saturated heterocycles. The van der Waals surface area contributed by atoms with Crippen LogP contribution in [0.2, 0.25) is 0 Å². The summed E-state index contributed by atoms with van der Waals surface area (Å²) in [5, 5.41) is 12.7. The molecule has 0 unspecified atom stereocenters. The van der Waals surface area contributed by atoms with Crippen LogP contribution in [-0.2, 0) is 6.42 Å². The summed E-state index contributed by atoms with van der Waals surface area (Å²) >= 11 is 1.76. The highest BCUT2D eigenvalue weighted by molar-refractivity contribution is 7.15. The van der Waals surface area contributed by atoms with Gasteiger partial charge in [-0.1, -0.05) is 18.5 Å². The molecule has 0 saturated carbocycles. The maximum Gasteiger partial charge on any atom is 0.170 e. The molecule has 2 aromatic heterocycles. The van der Waals surface area contributed by atoms with E-state index in [1.54, 1.807) is 29.7 Å². The number of hydrogen-bond acceptors (Lipinski definition) is 7. The SMILES string of the molecule is CCCCc1sc(-c2cccnc2)nc1-c1ccc(OCCCCCOc2ccc(/C(N)=N/O)cc2)cc1. The molecule has 4 aromatic rings. The zero-order valence-electron chi connectivity index (χ0n) is 21.7. The predicted octanol–water partition coefficient (Wildman–Crippen LogP) is 6.94. The second-order valence-electron chi connectivity index (χ2n) is 8.93. The fourth-order valence-electron chi connectivity index (χ4n) is 3.95. The van der Waals surface area contributed by atoms with Gasteiger partial charge in [0.2, 0.25) is 0 Å². The number of rotatable bonds is 14. The summed E-state index contributed by atoms with van der Waals surface area (Å²) in [7, 11) is 0. The van der Waals surface area contributed by atoms with Crippen LogP contribution in [-0.4, -0.2) is 34.2 Å². The van der Waals surface area contributed by atoms with E-state index in [1.165, 1.54) is 4.88 Å². The fraction of sp³-hybridized carbons (Fsp3) is 0.300. The number of benzene rings is 2. The van der Waals surface area contributed by atoms with Crippen molar-refractivity contribution in [3.05, 3.63) is 83.5 Å². The summed E-state index contributed by atoms with van der Waals surface area (Å²) < 4.78 is 11.7. The molecular formula is C30H34N4O3S. The van der Waals surface area contributed by atoms with Gasteiger partial charge in [0.15, 0.2) is 5.84 Å². The molecule has 4 rings (SSSR count). The molecule has 3 N–H and O–H groups in total. The van der Waals surface area contributed by atoms with Gasteiger partial charge < -0.3 is 20.4 Å². The first-order valence-corrected chi connectivity index (χ1v) is 13.8. The molecule has 0 aliphatic heterocycles. The van der Waals surface area contributed by atoms with Crippen LogP contribution in [0.5, 0.6) is 11.5 Å². The third kappa shape index (κ3) is 7.55. The molecule has 0 aliphatic rings. The number of aromatic nitrogens is 2. The Balaban J connectivity index is 1.23. The number of hydrogen-bond donors (Lipinski definition) is 2. The number of thiazole rings is 1. The highest BCUT2D eigenvalue weighted by Gasteiger charge is 2.14. The highest BCUT2D eigenvalue weighted by atomic mass is 32.1. The summed E-state index contributed by atoms with van der Waals surface area (Å²) in [6, 6.07) is 19.5. The van der Waals surface area contributed by atoms with Crippen molar-refractivity contribution in [2.75, 3.05) is 13.2 Å². The van der Waals surface area contributed by atoms with Crippen LogP contribution in [0.25, 0.3) is 21.8 Å². The van der Waals surface area contributed by atoms with Crippen LogP contribution in [0.3, 0.4) is 0 Å². The van der Waals surface area contributed by atoms with Crippen LogP contribution in [0, 0.1) is 0 Å². The van der Waals surface area contributed by atoms with Gasteiger partial charge in [0.25, 0.3) is 0 Å². The van der Waals surface area contributed by atoms with Crippen LogP contribution in [0.15, 0.2) is 78.2 Å². The van der Waals surface area contributed by atoms with Crippen molar-refractivity contribution in [2.24, 2.45) is 10.9 Å². The average Bonchev–Trinajstić information content (AvgIpc) is 3.40. The quantitative estimate of drug-likeness (QED) is 0.0602. The van der Waals surface area contributed by atoms with Gasteiger partial charge in [-0.15, -0.1) is 11.3 Å². The summed E-state index contributed by atoms with van der Waals surface area (Å²) in [6.07, 6.45) is 9.90. The zero-order valence-corrected chi connectivity index (χ0v) is 22.5. The maximum atomic E-state index is 8.72. The molecule has 2 aromatic carbocycles. The lowest BCUT2D eigenvalue weighted by Crippen LogP contribution is -2.12. The number of aryl methyl sites for hydroxylation is 1. The van der Waals surface area contributed by atoms with Crippen LogP contribution in [0.1, 0.15) is 49.5 Å². The molecule has 38 heavy (non-hydrogen) atoms. The number of nitrogens with zero attached hydrogens (tertiary/aromatic N) is 3. The van der Waals surface area contributed by atoms with Crippen molar-refractivity contribution in [3.8, 4) is 33.3 Å². The summed E-state index contributed by atoms with van der Waals surface area (Å²) in [6.45, 7) is 3.51. The lowest BCUT2D eigenvalue weighted by atomic mass is 10.1. The first kappa shape index (κ1) is 27.1. The number of unbranched alkanes of at least 4 members (excludes halogenated alkanes) is 3. The van der Waals surface area contributed by atoms with Gasteiger partial charge in [-0.05, 0) is 92.8 Å². The molecule has 0 atom stereocenters. The Labute approximate surface area is 228 Å². The molecular weight excluding hydrogens is 496 g/mol. The van der Waals surface area contributed by atoms with E-state index in [0.29, 0.717) is 18.8 Å². The van der Waals surface area contributed by atoms with Crippen LogP contribution in [0.4, 0.5) is 0 Å². The first-order valence-electron chi connectivity index (χ1n) is 13.0. The van der Waals surface area contributed by atoms with E-state index in [9.17, 15) is 0 Å². The number of amidine groups is 1. The van der Waals surface area contributed by atoms with Crippen LogP contribution >= 0.6 is 11.3 Å². The van der Waals surface area contributed by atoms with E-state index in [2.05, 4.69) is 35.3 Å². The molecule has 0 amide bonds. The Kier molecular flexibility index (Phi) is 10.1. The van der Waals surface area contributed by atoms with E-state index in [-0.39, 0.29) is 5.84 Å². The van der Waals surface area contributed by atoms with Crippen molar-refractivity contribution >= 4 is 17.2 Å². The van der Waals surface area contributed by atoms with E-state index in [0.717, 1.165) is 71.9 Å². The normalized spacial score (nSPS) is 11.4. The Morgan fingerprint density at radius 1 is 0.895 bits per heavy atom. The zero-order chi connectivity index (χ0) is 26.6. The molecule has 198 valence electrons. The van der Waals surface area contributed by atoms with Gasteiger partial charge in [-0.25, -0.2) is 4.98 Å². The molecule has 0 aliphatic carbocycles. The van der Waals surface area contributed by atoms with Crippen molar-refractivity contribution < 1.29 is 14.7 Å². The molecule has 7 nitrogen and oxygen atoms in total. The number of nitrogens with two attached hydrogens (primary N) is 1. The van der Waals surface area contributed by atoms with E-state index < -0.39 is 0 Å². The minimum Gasteiger partial charge on any atom is -0.494 e. The summed E-state index contributed by atoms with van der Waals surface area (Å²) in [4.78, 5) is 10.6. The smallest absolute Gasteiger partial charge is 0.170 e. The molecule has 0 fully saturated rings. The number of oxime groups is 1. The minimum absolute atomic E-state index is 0.0843. The third-order valence-corrected chi connectivity index (χ3v) is 7.24. The first-order chi connectivity index (χ1) is 18.7. The lowest BCUT2D eigenvalue weighted by molar-refractivity contribution is 0.279. The van der Waals surface area contributed by atoms with E-state index in [1.807, 2.05) is 36.5 Å². The predicted molar refractivity (Wildman–Crippen MR) is 153 cm³/mol. The summed E-state index contributed by atoms with van der Waals surface area (Å²) in [5.74, 6) is 1.72. The minimum atomic E-state index is 0.0843. The standard InChI is InChI=1S/C30H34N4O3S/c1-2-3-9-27-28(33-30(38-27)24-8-7-18-32-21-24)22-10-14-25(15-11-22)36-19-5-4-6-20-37-26-16-12-23(13-17-26)29(31)34-35/h7-8,10-18,21,35H,2-6,9,19-20H2,1H3,(H2,31,34). The Morgan fingerprint density at radius 3 is 2.18 bits per heavy atom. The average molecular weight is 531 g/mol. The lowest BCUT2D eigenvalue weighted by Gasteiger charge is -2.09. The monoisotopic (exact) mass is 530 g/mol. The van der Waals surface area contributed by atoms with Gasteiger partial charge in [-0.2, -0.15) is 0 Å². The van der Waals surface area contributed by atoms with Crippen molar-refractivity contribution in [2.45, 2.75) is 45.4 Å². The maximum absolute atomic E-state index is 8.72. The topological polar surface area (TPSA) is 103 Å². The summed E-state index contributed by atoms with van der Waals surface area (Å²) in [5.41, 5.74) is 9.47. The molecule has 2 heterocycles. The highest BCUT2D eigenvalue weighted by Crippen LogP contribution is 2.35. The van der Waals surface area contributed by atoms with Gasteiger partial charge in [0.05, 0.1) is 18.9 Å². The van der Waals surface area contributed by atoms with Gasteiger partial charge in [-0.3, -0.25) is 4.98 Å². The number of ether oxygens (including phenoxy) is 2. The second kappa shape index (κ2) is 14.1. The Morgan fingerprint density at radius 2 is 1.58 bits per heavy atom. The second-order valence-corrected chi connectivity index (χ2v) is 10.0. The molecule has 0 bridgehead atoms. The third-order valence-electron chi connectivity index (χ3n) is 6.07. The van der Waals surface area contributed by atoms with E-state index in [4.69, 9.17) is 25.4 Å². The molecule has 0 radical (unpaired) electrons. The molecule has 8 heteroatoms. The van der Waals surface area contributed by atoms with Gasteiger partial charge >= 0.3 is 0 Å². The van der Waals surface area contributed by atoms with E-state index >= 15 is 0 Å². The number of pyridine rings is 1. The van der Waals surface area contributed by atoms with Crippen molar-refractivity contribution in [1.29, 1.82) is 0 Å². The van der Waals surface area contributed by atoms with Gasteiger partial charge in [0, 0.05) is 34.0 Å². The Hall–Kier alpha value is -3.91. The van der Waals surface area contributed by atoms with Crippen LogP contribution < -0.4 is 15.2 Å². The molecule has 0 spiro atoms.